The van der Waals surface area contributed by atoms with Crippen LogP contribution in [0.2, 0.25) is 0 Å². The van der Waals surface area contributed by atoms with Crippen molar-refractivity contribution in [2.75, 3.05) is 6.61 Å². The molecule has 144 valence electrons. The van der Waals surface area contributed by atoms with Crippen LogP contribution in [-0.4, -0.2) is 45.2 Å². The van der Waals surface area contributed by atoms with Crippen LogP contribution in [0.1, 0.15) is 58.8 Å². The summed E-state index contributed by atoms with van der Waals surface area (Å²) in [6, 6.07) is 0. The summed E-state index contributed by atoms with van der Waals surface area (Å²) in [5.41, 5.74) is -1.27. The Hall–Kier alpha value is -1.04. The molecular weight excluding hydrogens is 332 g/mol. The second-order valence-electron chi connectivity index (χ2n) is 9.55. The second kappa shape index (κ2) is 5.73. The van der Waals surface area contributed by atoms with Gasteiger partial charge in [-0.15, -0.1) is 0 Å². The molecule has 5 heteroatoms. The zero-order valence-electron chi connectivity index (χ0n) is 15.7. The molecule has 4 rings (SSSR count). The van der Waals surface area contributed by atoms with Gasteiger partial charge < -0.3 is 15.3 Å². The standard InChI is InChI=1S/C21H30O5/c1-19-6-3-12(23)9-16(19)17(24)10-13-14(19)4-7-20(2)15(13)5-8-21(20,26)18(25)11-22/h9,13-15,17,22,24,26H,3-8,10-11H2,1-2H3/t13-,14+,15+,17+,19-,20-,21+/m1/s1. The highest BCUT2D eigenvalue weighted by Crippen LogP contribution is 2.67. The largest absolute Gasteiger partial charge is 0.389 e. The first-order valence-corrected chi connectivity index (χ1v) is 9.97. The molecule has 0 aromatic rings. The Morgan fingerprint density at radius 3 is 2.58 bits per heavy atom. The van der Waals surface area contributed by atoms with Crippen molar-refractivity contribution in [2.45, 2.75) is 70.5 Å². The predicted molar refractivity (Wildman–Crippen MR) is 95.1 cm³/mol. The van der Waals surface area contributed by atoms with Crippen molar-refractivity contribution in [3.8, 4) is 0 Å². The average Bonchev–Trinajstić information content (AvgIpc) is 2.88. The molecule has 0 bridgehead atoms. The third-order valence-electron chi connectivity index (χ3n) is 8.73. The van der Waals surface area contributed by atoms with Gasteiger partial charge in [0.25, 0.3) is 0 Å². The highest BCUT2D eigenvalue weighted by molar-refractivity contribution is 5.92. The summed E-state index contributed by atoms with van der Waals surface area (Å²) in [7, 11) is 0. The molecule has 3 fully saturated rings. The normalized spacial score (nSPS) is 50.5. The van der Waals surface area contributed by atoms with Crippen molar-refractivity contribution in [3.05, 3.63) is 11.6 Å². The van der Waals surface area contributed by atoms with Crippen molar-refractivity contribution in [1.29, 1.82) is 0 Å². The van der Waals surface area contributed by atoms with Gasteiger partial charge in [-0.25, -0.2) is 0 Å². The molecule has 0 heterocycles. The summed E-state index contributed by atoms with van der Waals surface area (Å²) in [6.45, 7) is 3.56. The van der Waals surface area contributed by atoms with Crippen molar-refractivity contribution in [3.63, 3.8) is 0 Å². The van der Waals surface area contributed by atoms with E-state index in [1.807, 2.05) is 6.92 Å². The number of hydrogen-bond acceptors (Lipinski definition) is 5. The molecule has 3 saturated carbocycles. The number of aliphatic hydroxyl groups is 3. The molecule has 5 nitrogen and oxygen atoms in total. The van der Waals surface area contributed by atoms with Gasteiger partial charge >= 0.3 is 0 Å². The Morgan fingerprint density at radius 2 is 1.88 bits per heavy atom. The van der Waals surface area contributed by atoms with Gasteiger partial charge in [0, 0.05) is 11.8 Å². The van der Waals surface area contributed by atoms with Crippen molar-refractivity contribution in [1.82, 2.24) is 0 Å². The Balaban J connectivity index is 1.72. The number of Topliss-reactive ketones (excluding diaryl/α,β-unsaturated/α-hetero) is 1. The van der Waals surface area contributed by atoms with E-state index in [2.05, 4.69) is 6.92 Å². The molecule has 0 amide bonds. The summed E-state index contributed by atoms with van der Waals surface area (Å²) in [6.07, 6.45) is 5.74. The van der Waals surface area contributed by atoms with Gasteiger partial charge in [0.15, 0.2) is 11.6 Å². The van der Waals surface area contributed by atoms with E-state index in [0.29, 0.717) is 25.2 Å². The Morgan fingerprint density at radius 1 is 1.19 bits per heavy atom. The van der Waals surface area contributed by atoms with Crippen molar-refractivity contribution < 1.29 is 24.9 Å². The van der Waals surface area contributed by atoms with Crippen LogP contribution in [0.3, 0.4) is 0 Å². The first-order chi connectivity index (χ1) is 12.2. The fourth-order valence-electron chi connectivity index (χ4n) is 7.21. The lowest BCUT2D eigenvalue weighted by atomic mass is 9.45. The number of aliphatic hydroxyl groups excluding tert-OH is 2. The van der Waals surface area contributed by atoms with E-state index >= 15 is 0 Å². The molecule has 4 aliphatic carbocycles. The molecule has 26 heavy (non-hydrogen) atoms. The number of rotatable bonds is 2. The summed E-state index contributed by atoms with van der Waals surface area (Å²) in [5, 5.41) is 31.4. The predicted octanol–water partition coefficient (Wildman–Crippen LogP) is 1.78. The van der Waals surface area contributed by atoms with Gasteiger partial charge in [0.1, 0.15) is 12.2 Å². The van der Waals surface area contributed by atoms with Gasteiger partial charge in [0.2, 0.25) is 0 Å². The van der Waals surface area contributed by atoms with Crippen molar-refractivity contribution in [2.24, 2.45) is 28.6 Å². The van der Waals surface area contributed by atoms with Crippen LogP contribution in [0.15, 0.2) is 11.6 Å². The quantitative estimate of drug-likeness (QED) is 0.696. The van der Waals surface area contributed by atoms with Crippen molar-refractivity contribution >= 4 is 11.6 Å². The SMILES string of the molecule is C[C@]12CCC(=O)C=C1[C@@H](O)C[C@@H]1[C@@H]2CC[C@]2(C)[C@H]1CC[C@]2(O)C(=O)CO. The van der Waals surface area contributed by atoms with E-state index in [1.165, 1.54) is 0 Å². The van der Waals surface area contributed by atoms with Gasteiger partial charge in [-0.3, -0.25) is 9.59 Å². The van der Waals surface area contributed by atoms with Crippen LogP contribution in [0, 0.1) is 28.6 Å². The van der Waals surface area contributed by atoms with E-state index in [4.69, 9.17) is 0 Å². The summed E-state index contributed by atoms with van der Waals surface area (Å²) in [5.74, 6) is 0.411. The smallest absolute Gasteiger partial charge is 0.190 e. The van der Waals surface area contributed by atoms with Crippen LogP contribution < -0.4 is 0 Å². The lowest BCUT2D eigenvalue weighted by Crippen LogP contribution is -2.59. The molecule has 4 aliphatic rings. The maximum Gasteiger partial charge on any atom is 0.190 e. The Kier molecular flexibility index (Phi) is 4.04. The molecule has 7 atom stereocenters. The van der Waals surface area contributed by atoms with Crippen LogP contribution in [0.4, 0.5) is 0 Å². The van der Waals surface area contributed by atoms with Gasteiger partial charge in [0.05, 0.1) is 6.10 Å². The average molecular weight is 362 g/mol. The van der Waals surface area contributed by atoms with Crippen LogP contribution >= 0.6 is 0 Å². The van der Waals surface area contributed by atoms with Gasteiger partial charge in [-0.1, -0.05) is 13.8 Å². The van der Waals surface area contributed by atoms with E-state index < -0.39 is 29.5 Å². The molecule has 0 unspecified atom stereocenters. The topological polar surface area (TPSA) is 94.8 Å². The molecule has 3 N–H and O–H groups in total. The molecule has 0 spiro atoms. The van der Waals surface area contributed by atoms with E-state index in [9.17, 15) is 24.9 Å². The third-order valence-corrected chi connectivity index (χ3v) is 8.73. The molecule has 0 aromatic heterocycles. The first-order valence-electron chi connectivity index (χ1n) is 9.97. The zero-order valence-corrected chi connectivity index (χ0v) is 15.7. The minimum atomic E-state index is -1.46. The molecule has 0 saturated heterocycles. The number of carbonyl (C=O) groups is 2. The summed E-state index contributed by atoms with van der Waals surface area (Å²) in [4.78, 5) is 24.3. The van der Waals surface area contributed by atoms with E-state index in [-0.39, 0.29) is 23.0 Å². The molecule has 0 radical (unpaired) electrons. The minimum Gasteiger partial charge on any atom is -0.389 e. The highest BCUT2D eigenvalue weighted by Gasteiger charge is 2.66. The molecule has 0 aromatic carbocycles. The van der Waals surface area contributed by atoms with Gasteiger partial charge in [-0.05, 0) is 73.3 Å². The maximum absolute atomic E-state index is 12.4. The van der Waals surface area contributed by atoms with Gasteiger partial charge in [-0.2, -0.15) is 0 Å². The maximum atomic E-state index is 12.4. The number of carbonyl (C=O) groups excluding carboxylic acids is 2. The number of hydrogen-bond donors (Lipinski definition) is 3. The second-order valence-corrected chi connectivity index (χ2v) is 9.55. The minimum absolute atomic E-state index is 0.111. The summed E-state index contributed by atoms with van der Waals surface area (Å²) < 4.78 is 0. The summed E-state index contributed by atoms with van der Waals surface area (Å²) >= 11 is 0. The zero-order chi connectivity index (χ0) is 18.9. The van der Waals surface area contributed by atoms with E-state index in [0.717, 1.165) is 31.3 Å². The monoisotopic (exact) mass is 362 g/mol. The highest BCUT2D eigenvalue weighted by atomic mass is 16.3. The Labute approximate surface area is 154 Å². The molecular formula is C21H30O5. The van der Waals surface area contributed by atoms with Crippen LogP contribution in [0.5, 0.6) is 0 Å². The Bertz CT molecular complexity index is 684. The lowest BCUT2D eigenvalue weighted by molar-refractivity contribution is -0.166. The van der Waals surface area contributed by atoms with Crippen LogP contribution in [0.25, 0.3) is 0 Å². The fourth-order valence-corrected chi connectivity index (χ4v) is 7.21. The third kappa shape index (κ3) is 2.14. The number of ketones is 2. The van der Waals surface area contributed by atoms with E-state index in [1.54, 1.807) is 6.08 Å². The number of fused-ring (bicyclic) bond motifs is 5. The molecule has 0 aliphatic heterocycles. The lowest BCUT2D eigenvalue weighted by Gasteiger charge is -2.59. The fraction of sp³-hybridized carbons (Fsp3) is 0.810. The first kappa shape index (κ1) is 18.3. The van der Waals surface area contributed by atoms with Crippen LogP contribution in [-0.2, 0) is 9.59 Å².